The second-order valence-electron chi connectivity index (χ2n) is 4.44. The number of piperidine rings is 1. The average Bonchev–Trinajstić information content (AvgIpc) is 2.74. The van der Waals surface area contributed by atoms with E-state index in [1.165, 1.54) is 6.42 Å². The van der Waals surface area contributed by atoms with Crippen molar-refractivity contribution in [3.8, 4) is 0 Å². The van der Waals surface area contributed by atoms with Crippen LogP contribution < -0.4 is 0 Å². The second-order valence-corrected chi connectivity index (χ2v) is 4.44. The number of carbonyl (C=O) groups excluding carboxylic acids is 1. The van der Waals surface area contributed by atoms with E-state index >= 15 is 0 Å². The minimum absolute atomic E-state index is 0.0477. The number of aromatic nitrogens is 2. The summed E-state index contributed by atoms with van der Waals surface area (Å²) in [6.45, 7) is 5.17. The van der Waals surface area contributed by atoms with Crippen LogP contribution in [0.25, 0.3) is 0 Å². The third-order valence-corrected chi connectivity index (χ3v) is 3.09. The summed E-state index contributed by atoms with van der Waals surface area (Å²) in [5.41, 5.74) is 0. The van der Waals surface area contributed by atoms with Gasteiger partial charge in [0.15, 0.2) is 0 Å². The Morgan fingerprint density at radius 3 is 2.87 bits per heavy atom. The summed E-state index contributed by atoms with van der Waals surface area (Å²) in [4.78, 5) is 17.9. The van der Waals surface area contributed by atoms with Gasteiger partial charge in [-0.3, -0.25) is 4.57 Å². The fourth-order valence-electron chi connectivity index (χ4n) is 2.08. The molecule has 1 fully saturated rings. The summed E-state index contributed by atoms with van der Waals surface area (Å²) in [6.07, 6.45) is 7.22. The predicted octanol–water partition coefficient (Wildman–Crippen LogP) is 1.97. The van der Waals surface area contributed by atoms with Crippen LogP contribution in [0.3, 0.4) is 0 Å². The van der Waals surface area contributed by atoms with Crippen LogP contribution in [0.1, 0.15) is 26.7 Å². The Hall–Kier alpha value is -1.32. The highest BCUT2D eigenvalue weighted by atomic mass is 16.2. The van der Waals surface area contributed by atoms with Gasteiger partial charge in [0.05, 0.1) is 0 Å². The van der Waals surface area contributed by atoms with Crippen LogP contribution >= 0.6 is 0 Å². The summed E-state index contributed by atoms with van der Waals surface area (Å²) in [7, 11) is 0. The van der Waals surface area contributed by atoms with Gasteiger partial charge in [0.25, 0.3) is 0 Å². The molecule has 0 aliphatic carbocycles. The maximum atomic E-state index is 12.1. The monoisotopic (exact) mass is 207 g/mol. The fraction of sp³-hybridized carbons (Fsp3) is 0.636. The zero-order valence-electron chi connectivity index (χ0n) is 9.26. The molecular weight excluding hydrogens is 190 g/mol. The lowest BCUT2D eigenvalue weighted by atomic mass is 9.95. The molecule has 2 heterocycles. The molecule has 1 aliphatic rings. The van der Waals surface area contributed by atoms with Crippen LogP contribution in [0, 0.1) is 5.92 Å². The molecule has 0 N–H and O–H groups in total. The third kappa shape index (κ3) is 2.03. The molecule has 2 atom stereocenters. The highest BCUT2D eigenvalue weighted by molar-refractivity contribution is 5.77. The van der Waals surface area contributed by atoms with Crippen LogP contribution in [-0.2, 0) is 0 Å². The number of rotatable bonds is 0. The quantitative estimate of drug-likeness (QED) is 0.652. The first-order valence-corrected chi connectivity index (χ1v) is 5.47. The summed E-state index contributed by atoms with van der Waals surface area (Å²) in [5, 5.41) is 0. The van der Waals surface area contributed by atoms with E-state index in [9.17, 15) is 4.79 Å². The van der Waals surface area contributed by atoms with Crippen molar-refractivity contribution in [2.45, 2.75) is 32.7 Å². The lowest BCUT2D eigenvalue weighted by molar-refractivity contribution is 0.137. The minimum Gasteiger partial charge on any atom is -0.321 e. The van der Waals surface area contributed by atoms with Gasteiger partial charge in [-0.15, -0.1) is 0 Å². The molecule has 1 aromatic rings. The van der Waals surface area contributed by atoms with Gasteiger partial charge in [0.1, 0.15) is 6.33 Å². The maximum Gasteiger partial charge on any atom is 0.329 e. The van der Waals surface area contributed by atoms with Crippen molar-refractivity contribution in [3.05, 3.63) is 18.7 Å². The van der Waals surface area contributed by atoms with Gasteiger partial charge in [-0.1, -0.05) is 6.92 Å². The number of likely N-dealkylation sites (tertiary alicyclic amines) is 1. The first kappa shape index (κ1) is 10.2. The van der Waals surface area contributed by atoms with E-state index < -0.39 is 0 Å². The third-order valence-electron chi connectivity index (χ3n) is 3.09. The Morgan fingerprint density at radius 1 is 1.40 bits per heavy atom. The molecule has 4 heteroatoms. The predicted molar refractivity (Wildman–Crippen MR) is 57.6 cm³/mol. The van der Waals surface area contributed by atoms with Crippen molar-refractivity contribution in [2.24, 2.45) is 5.92 Å². The number of nitrogens with zero attached hydrogens (tertiary/aromatic N) is 3. The topological polar surface area (TPSA) is 38.1 Å². The Morgan fingerprint density at radius 2 is 2.20 bits per heavy atom. The molecule has 0 spiro atoms. The number of hydrogen-bond acceptors (Lipinski definition) is 2. The standard InChI is InChI=1S/C11H17N3O/c1-9-3-4-10(2)14(7-9)11(15)13-6-5-12-8-13/h5-6,8-10H,3-4,7H2,1-2H3. The van der Waals surface area contributed by atoms with E-state index in [0.29, 0.717) is 12.0 Å². The number of amides is 1. The van der Waals surface area contributed by atoms with Crippen molar-refractivity contribution in [1.29, 1.82) is 0 Å². The van der Waals surface area contributed by atoms with Gasteiger partial charge >= 0.3 is 6.03 Å². The summed E-state index contributed by atoms with van der Waals surface area (Å²) < 4.78 is 1.55. The largest absolute Gasteiger partial charge is 0.329 e. The van der Waals surface area contributed by atoms with Gasteiger partial charge in [-0.05, 0) is 25.7 Å². The number of carbonyl (C=O) groups is 1. The molecule has 0 bridgehead atoms. The summed E-state index contributed by atoms with van der Waals surface area (Å²) in [6, 6.07) is 0.391. The molecule has 82 valence electrons. The van der Waals surface area contributed by atoms with Crippen LogP contribution in [-0.4, -0.2) is 33.1 Å². The van der Waals surface area contributed by atoms with Crippen LogP contribution in [0.2, 0.25) is 0 Å². The highest BCUT2D eigenvalue weighted by Gasteiger charge is 2.27. The molecule has 1 saturated heterocycles. The molecular formula is C11H17N3O. The molecule has 0 aromatic carbocycles. The van der Waals surface area contributed by atoms with Gasteiger partial charge in [0.2, 0.25) is 0 Å². The van der Waals surface area contributed by atoms with E-state index in [1.54, 1.807) is 23.3 Å². The maximum absolute atomic E-state index is 12.1. The van der Waals surface area contributed by atoms with Crippen LogP contribution in [0.5, 0.6) is 0 Å². The van der Waals surface area contributed by atoms with Gasteiger partial charge in [-0.2, -0.15) is 0 Å². The number of hydrogen-bond donors (Lipinski definition) is 0. The molecule has 4 nitrogen and oxygen atoms in total. The van der Waals surface area contributed by atoms with Gasteiger partial charge < -0.3 is 4.90 Å². The molecule has 0 radical (unpaired) electrons. The van der Waals surface area contributed by atoms with Crippen LogP contribution in [0.15, 0.2) is 18.7 Å². The SMILES string of the molecule is CC1CCC(C)N(C(=O)n2ccnc2)C1. The number of imidazole rings is 1. The van der Waals surface area contributed by atoms with Gasteiger partial charge in [0, 0.05) is 25.0 Å². The van der Waals surface area contributed by atoms with E-state index in [4.69, 9.17) is 0 Å². The van der Waals surface area contributed by atoms with Crippen molar-refractivity contribution >= 4 is 6.03 Å². The lowest BCUT2D eigenvalue weighted by Crippen LogP contribution is -2.46. The van der Waals surface area contributed by atoms with Crippen molar-refractivity contribution in [3.63, 3.8) is 0 Å². The normalized spacial score (nSPS) is 26.7. The molecule has 2 unspecified atom stereocenters. The Bertz CT molecular complexity index is 334. The molecule has 2 rings (SSSR count). The first-order chi connectivity index (χ1) is 7.18. The van der Waals surface area contributed by atoms with Crippen LogP contribution in [0.4, 0.5) is 4.79 Å². The van der Waals surface area contributed by atoms with E-state index in [2.05, 4.69) is 18.8 Å². The minimum atomic E-state index is 0.0477. The van der Waals surface area contributed by atoms with Crippen molar-refractivity contribution in [2.75, 3.05) is 6.54 Å². The molecule has 1 aromatic heterocycles. The zero-order valence-corrected chi connectivity index (χ0v) is 9.26. The van der Waals surface area contributed by atoms with E-state index in [0.717, 1.165) is 13.0 Å². The highest BCUT2D eigenvalue weighted by Crippen LogP contribution is 2.21. The van der Waals surface area contributed by atoms with Gasteiger partial charge in [-0.25, -0.2) is 9.78 Å². The Labute approximate surface area is 89.9 Å². The zero-order chi connectivity index (χ0) is 10.8. The molecule has 15 heavy (non-hydrogen) atoms. The Balaban J connectivity index is 2.12. The van der Waals surface area contributed by atoms with E-state index in [1.807, 2.05) is 4.90 Å². The average molecular weight is 207 g/mol. The lowest BCUT2D eigenvalue weighted by Gasteiger charge is -2.36. The molecule has 0 saturated carbocycles. The Kier molecular flexibility index (Phi) is 2.75. The molecule has 1 amide bonds. The van der Waals surface area contributed by atoms with E-state index in [-0.39, 0.29) is 6.03 Å². The van der Waals surface area contributed by atoms with Crippen molar-refractivity contribution in [1.82, 2.24) is 14.5 Å². The summed E-state index contributed by atoms with van der Waals surface area (Å²) >= 11 is 0. The fourth-order valence-corrected chi connectivity index (χ4v) is 2.08. The second kappa shape index (κ2) is 4.04. The molecule has 1 aliphatic heterocycles. The summed E-state index contributed by atoms with van der Waals surface area (Å²) in [5.74, 6) is 0.605. The first-order valence-electron chi connectivity index (χ1n) is 5.47. The van der Waals surface area contributed by atoms with Crippen molar-refractivity contribution < 1.29 is 4.79 Å². The smallest absolute Gasteiger partial charge is 0.321 e.